The van der Waals surface area contributed by atoms with Crippen molar-refractivity contribution < 1.29 is 13.9 Å². The maximum Gasteiger partial charge on any atom is 0.264 e. The fourth-order valence-corrected chi connectivity index (χ4v) is 3.03. The molecule has 3 nitrogen and oxygen atoms in total. The highest BCUT2D eigenvalue weighted by molar-refractivity contribution is 9.10. The minimum absolute atomic E-state index is 0.179. The molecule has 0 saturated heterocycles. The van der Waals surface area contributed by atoms with Crippen molar-refractivity contribution in [2.24, 2.45) is 0 Å². The first kappa shape index (κ1) is 16.5. The van der Waals surface area contributed by atoms with Crippen molar-refractivity contribution in [3.8, 4) is 5.75 Å². The van der Waals surface area contributed by atoms with Crippen LogP contribution in [0, 0.1) is 5.82 Å². The van der Waals surface area contributed by atoms with Gasteiger partial charge in [0.15, 0.2) is 6.61 Å². The van der Waals surface area contributed by atoms with Crippen LogP contribution in [0.5, 0.6) is 5.75 Å². The SMILES string of the molecule is CN(C(=O)COc1ccc2ccccc2c1Br)c1ccccc1F. The zero-order valence-electron chi connectivity index (χ0n) is 13.0. The van der Waals surface area contributed by atoms with Crippen molar-refractivity contribution in [1.82, 2.24) is 0 Å². The molecular formula is C19H15BrFNO2. The molecule has 24 heavy (non-hydrogen) atoms. The first-order valence-electron chi connectivity index (χ1n) is 7.39. The molecule has 5 heteroatoms. The third kappa shape index (κ3) is 3.26. The van der Waals surface area contributed by atoms with Crippen LogP contribution in [-0.4, -0.2) is 19.6 Å². The minimum atomic E-state index is -0.444. The average Bonchev–Trinajstić information content (AvgIpc) is 2.61. The largest absolute Gasteiger partial charge is 0.483 e. The van der Waals surface area contributed by atoms with E-state index in [4.69, 9.17) is 4.74 Å². The number of halogens is 2. The lowest BCUT2D eigenvalue weighted by Gasteiger charge is -2.18. The molecular weight excluding hydrogens is 373 g/mol. The number of amides is 1. The van der Waals surface area contributed by atoms with Gasteiger partial charge in [0.25, 0.3) is 5.91 Å². The van der Waals surface area contributed by atoms with E-state index in [1.54, 1.807) is 18.2 Å². The van der Waals surface area contributed by atoms with E-state index in [1.165, 1.54) is 18.0 Å². The summed E-state index contributed by atoms with van der Waals surface area (Å²) in [6, 6.07) is 17.8. The molecule has 0 bridgehead atoms. The van der Waals surface area contributed by atoms with Crippen LogP contribution in [0.3, 0.4) is 0 Å². The lowest BCUT2D eigenvalue weighted by Crippen LogP contribution is -2.31. The Kier molecular flexibility index (Phi) is 4.81. The Hall–Kier alpha value is -2.40. The van der Waals surface area contributed by atoms with Crippen LogP contribution in [0.2, 0.25) is 0 Å². The van der Waals surface area contributed by atoms with Gasteiger partial charge < -0.3 is 9.64 Å². The van der Waals surface area contributed by atoms with Gasteiger partial charge in [-0.1, -0.05) is 42.5 Å². The van der Waals surface area contributed by atoms with Gasteiger partial charge in [-0.3, -0.25) is 4.79 Å². The monoisotopic (exact) mass is 387 g/mol. The highest BCUT2D eigenvalue weighted by Crippen LogP contribution is 2.33. The Balaban J connectivity index is 1.75. The number of nitrogens with zero attached hydrogens (tertiary/aromatic N) is 1. The number of hydrogen-bond donors (Lipinski definition) is 0. The van der Waals surface area contributed by atoms with Crippen LogP contribution >= 0.6 is 15.9 Å². The number of likely N-dealkylation sites (N-methyl/N-ethyl adjacent to an activating group) is 1. The molecule has 3 aromatic rings. The molecule has 3 aromatic carbocycles. The highest BCUT2D eigenvalue weighted by atomic mass is 79.9. The van der Waals surface area contributed by atoms with Crippen LogP contribution < -0.4 is 9.64 Å². The average molecular weight is 388 g/mol. The first-order chi connectivity index (χ1) is 11.6. The first-order valence-corrected chi connectivity index (χ1v) is 8.18. The van der Waals surface area contributed by atoms with E-state index < -0.39 is 5.82 Å². The molecule has 3 rings (SSSR count). The topological polar surface area (TPSA) is 29.5 Å². The maximum atomic E-state index is 13.8. The molecule has 122 valence electrons. The van der Waals surface area contributed by atoms with Crippen LogP contribution in [-0.2, 0) is 4.79 Å². The molecule has 1 amide bonds. The molecule has 0 heterocycles. The fourth-order valence-electron chi connectivity index (χ4n) is 2.42. The molecule has 0 radical (unpaired) electrons. The molecule has 0 aliphatic heterocycles. The van der Waals surface area contributed by atoms with Gasteiger partial charge in [0.05, 0.1) is 10.2 Å². The summed E-state index contributed by atoms with van der Waals surface area (Å²) in [5.74, 6) is -0.204. The molecule has 0 aliphatic rings. The molecule has 0 unspecified atom stereocenters. The number of carbonyl (C=O) groups is 1. The number of para-hydroxylation sites is 1. The summed E-state index contributed by atoms with van der Waals surface area (Å²) in [5.41, 5.74) is 0.226. The van der Waals surface area contributed by atoms with E-state index >= 15 is 0 Å². The van der Waals surface area contributed by atoms with Crippen molar-refractivity contribution in [3.63, 3.8) is 0 Å². The van der Waals surface area contributed by atoms with Crippen molar-refractivity contribution in [2.75, 3.05) is 18.6 Å². The van der Waals surface area contributed by atoms with Gasteiger partial charge in [-0.05, 0) is 44.9 Å². The second kappa shape index (κ2) is 7.01. The Morgan fingerprint density at radius 2 is 1.79 bits per heavy atom. The van der Waals surface area contributed by atoms with E-state index in [0.717, 1.165) is 15.2 Å². The lowest BCUT2D eigenvalue weighted by atomic mass is 10.1. The van der Waals surface area contributed by atoms with Gasteiger partial charge in [-0.15, -0.1) is 0 Å². The summed E-state index contributed by atoms with van der Waals surface area (Å²) in [6.07, 6.45) is 0. The fraction of sp³-hybridized carbons (Fsp3) is 0.105. The molecule has 0 saturated carbocycles. The zero-order chi connectivity index (χ0) is 17.1. The molecule has 0 aromatic heterocycles. The van der Waals surface area contributed by atoms with Crippen LogP contribution in [0.4, 0.5) is 10.1 Å². The third-order valence-electron chi connectivity index (χ3n) is 3.77. The zero-order valence-corrected chi connectivity index (χ0v) is 14.6. The van der Waals surface area contributed by atoms with Crippen molar-refractivity contribution in [3.05, 3.63) is 71.0 Å². The van der Waals surface area contributed by atoms with Gasteiger partial charge in [0.2, 0.25) is 0 Å². The third-order valence-corrected chi connectivity index (χ3v) is 4.58. The molecule has 0 fully saturated rings. The van der Waals surface area contributed by atoms with Crippen molar-refractivity contribution >= 4 is 38.3 Å². The summed E-state index contributed by atoms with van der Waals surface area (Å²) >= 11 is 3.52. The predicted molar refractivity (Wildman–Crippen MR) is 97.0 cm³/mol. The lowest BCUT2D eigenvalue weighted by molar-refractivity contribution is -0.120. The Morgan fingerprint density at radius 1 is 1.08 bits per heavy atom. The number of rotatable bonds is 4. The van der Waals surface area contributed by atoms with E-state index in [1.807, 2.05) is 36.4 Å². The maximum absolute atomic E-state index is 13.8. The number of hydrogen-bond acceptors (Lipinski definition) is 2. The van der Waals surface area contributed by atoms with E-state index in [9.17, 15) is 9.18 Å². The van der Waals surface area contributed by atoms with Gasteiger partial charge in [0.1, 0.15) is 11.6 Å². The van der Waals surface area contributed by atoms with Gasteiger partial charge in [-0.2, -0.15) is 0 Å². The Bertz CT molecular complexity index is 897. The summed E-state index contributed by atoms with van der Waals surface area (Å²) < 4.78 is 20.2. The van der Waals surface area contributed by atoms with Crippen LogP contribution in [0.15, 0.2) is 65.1 Å². The van der Waals surface area contributed by atoms with E-state index in [-0.39, 0.29) is 18.2 Å². The minimum Gasteiger partial charge on any atom is -0.483 e. The number of ether oxygens (including phenoxy) is 1. The van der Waals surface area contributed by atoms with Crippen molar-refractivity contribution in [2.45, 2.75) is 0 Å². The van der Waals surface area contributed by atoms with Crippen molar-refractivity contribution in [1.29, 1.82) is 0 Å². The van der Waals surface area contributed by atoms with Gasteiger partial charge in [0, 0.05) is 7.05 Å². The molecule has 0 N–H and O–H groups in total. The smallest absolute Gasteiger partial charge is 0.264 e. The second-order valence-electron chi connectivity index (χ2n) is 5.29. The van der Waals surface area contributed by atoms with Gasteiger partial charge >= 0.3 is 0 Å². The number of anilines is 1. The summed E-state index contributed by atoms with van der Waals surface area (Å²) in [6.45, 7) is -0.179. The Morgan fingerprint density at radius 3 is 2.58 bits per heavy atom. The summed E-state index contributed by atoms with van der Waals surface area (Å²) in [5, 5.41) is 2.08. The number of carbonyl (C=O) groups excluding carboxylic acids is 1. The van der Waals surface area contributed by atoms with E-state index in [0.29, 0.717) is 5.75 Å². The van der Waals surface area contributed by atoms with Crippen LogP contribution in [0.25, 0.3) is 10.8 Å². The quantitative estimate of drug-likeness (QED) is 0.644. The van der Waals surface area contributed by atoms with E-state index in [2.05, 4.69) is 15.9 Å². The summed E-state index contributed by atoms with van der Waals surface area (Å²) in [7, 11) is 1.53. The molecule has 0 spiro atoms. The number of benzene rings is 3. The summed E-state index contributed by atoms with van der Waals surface area (Å²) in [4.78, 5) is 13.5. The predicted octanol–water partition coefficient (Wildman–Crippen LogP) is 4.78. The highest BCUT2D eigenvalue weighted by Gasteiger charge is 2.16. The standard InChI is InChI=1S/C19H15BrFNO2/c1-22(16-9-5-4-8-15(16)21)18(23)12-24-17-11-10-13-6-2-3-7-14(13)19(17)20/h2-11H,12H2,1H3. The van der Waals surface area contributed by atoms with Gasteiger partial charge in [-0.25, -0.2) is 4.39 Å². The van der Waals surface area contributed by atoms with Crippen LogP contribution in [0.1, 0.15) is 0 Å². The Labute approximate surface area is 147 Å². The molecule has 0 aliphatic carbocycles. The second-order valence-corrected chi connectivity index (χ2v) is 6.08. The normalized spacial score (nSPS) is 10.6. The molecule has 0 atom stereocenters. The number of fused-ring (bicyclic) bond motifs is 1.